The van der Waals surface area contributed by atoms with E-state index in [1.165, 1.54) is 6.92 Å². The molecule has 7 heteroatoms. The van der Waals surface area contributed by atoms with Gasteiger partial charge in [-0.2, -0.15) is 0 Å². The van der Waals surface area contributed by atoms with Gasteiger partial charge in [0, 0.05) is 44.5 Å². The van der Waals surface area contributed by atoms with Crippen LogP contribution in [0.3, 0.4) is 0 Å². The van der Waals surface area contributed by atoms with E-state index in [1.54, 1.807) is 24.3 Å². The first-order valence-electron chi connectivity index (χ1n) is 8.60. The van der Waals surface area contributed by atoms with E-state index in [1.807, 2.05) is 11.9 Å². The van der Waals surface area contributed by atoms with Gasteiger partial charge in [-0.1, -0.05) is 6.07 Å². The first-order valence-corrected chi connectivity index (χ1v) is 8.60. The maximum atomic E-state index is 12.5. The highest BCUT2D eigenvalue weighted by Crippen LogP contribution is 2.41. The molecule has 0 spiro atoms. The lowest BCUT2D eigenvalue weighted by Crippen LogP contribution is -2.48. The van der Waals surface area contributed by atoms with Crippen LogP contribution in [0, 0.1) is 11.8 Å². The molecule has 25 heavy (non-hydrogen) atoms. The van der Waals surface area contributed by atoms with E-state index in [-0.39, 0.29) is 29.6 Å². The summed E-state index contributed by atoms with van der Waals surface area (Å²) in [7, 11) is 2.05. The molecule has 1 saturated carbocycles. The van der Waals surface area contributed by atoms with Crippen LogP contribution in [-0.4, -0.2) is 60.7 Å². The molecule has 0 radical (unpaired) electrons. The number of amides is 3. The number of carbonyl (C=O) groups is 3. The number of piperazine rings is 1. The zero-order valence-corrected chi connectivity index (χ0v) is 14.6. The van der Waals surface area contributed by atoms with Gasteiger partial charge >= 0.3 is 0 Å². The number of nitrogens with zero attached hydrogens (tertiary/aromatic N) is 2. The third kappa shape index (κ3) is 4.36. The molecule has 1 aliphatic heterocycles. The number of carbonyl (C=O) groups excluding carboxylic acids is 3. The van der Waals surface area contributed by atoms with Crippen molar-refractivity contribution >= 4 is 29.1 Å². The van der Waals surface area contributed by atoms with E-state index in [9.17, 15) is 14.4 Å². The molecule has 1 saturated heterocycles. The topological polar surface area (TPSA) is 81.8 Å². The van der Waals surface area contributed by atoms with Gasteiger partial charge < -0.3 is 20.4 Å². The predicted octanol–water partition coefficient (Wildman–Crippen LogP) is 0.994. The Morgan fingerprint density at radius 1 is 1.00 bits per heavy atom. The summed E-state index contributed by atoms with van der Waals surface area (Å²) in [5.41, 5.74) is 1.25. The van der Waals surface area contributed by atoms with Crippen molar-refractivity contribution in [1.29, 1.82) is 0 Å². The Morgan fingerprint density at radius 3 is 2.28 bits per heavy atom. The Hall–Kier alpha value is -2.41. The molecular formula is C18H24N4O3. The molecule has 2 fully saturated rings. The van der Waals surface area contributed by atoms with Crippen molar-refractivity contribution in [2.45, 2.75) is 13.3 Å². The van der Waals surface area contributed by atoms with Crippen molar-refractivity contribution in [2.75, 3.05) is 43.9 Å². The van der Waals surface area contributed by atoms with Gasteiger partial charge in [0.05, 0.1) is 11.8 Å². The molecular weight excluding hydrogens is 320 g/mol. The highest BCUT2D eigenvalue weighted by molar-refractivity contribution is 6.00. The van der Waals surface area contributed by atoms with Gasteiger partial charge in [0.1, 0.15) is 0 Å². The van der Waals surface area contributed by atoms with Crippen LogP contribution in [0.5, 0.6) is 0 Å². The van der Waals surface area contributed by atoms with Crippen LogP contribution >= 0.6 is 0 Å². The van der Waals surface area contributed by atoms with Crippen molar-refractivity contribution in [3.05, 3.63) is 24.3 Å². The molecule has 2 N–H and O–H groups in total. The standard InChI is InChI=1S/C18H24N4O3/c1-12(23)19-13-4-3-5-14(10-13)20-17(24)15-11-16(15)18(25)22-8-6-21(2)7-9-22/h3-5,10,15-16H,6-9,11H2,1-2H3,(H,19,23)(H,20,24). The van der Waals surface area contributed by atoms with Crippen LogP contribution in [0.15, 0.2) is 24.3 Å². The summed E-state index contributed by atoms with van der Waals surface area (Å²) in [5.74, 6) is -0.644. The average molecular weight is 344 g/mol. The van der Waals surface area contributed by atoms with E-state index in [0.717, 1.165) is 26.2 Å². The van der Waals surface area contributed by atoms with Crippen molar-refractivity contribution < 1.29 is 14.4 Å². The Morgan fingerprint density at radius 2 is 1.64 bits per heavy atom. The minimum atomic E-state index is -0.253. The Labute approximate surface area is 147 Å². The fourth-order valence-electron chi connectivity index (χ4n) is 3.13. The van der Waals surface area contributed by atoms with E-state index in [2.05, 4.69) is 15.5 Å². The first kappa shape index (κ1) is 17.4. The van der Waals surface area contributed by atoms with E-state index < -0.39 is 0 Å². The second-order valence-electron chi connectivity index (χ2n) is 6.83. The third-order valence-corrected chi connectivity index (χ3v) is 4.71. The second kappa shape index (κ2) is 7.23. The van der Waals surface area contributed by atoms with Crippen LogP contribution in [0.2, 0.25) is 0 Å². The molecule has 3 rings (SSSR count). The predicted molar refractivity (Wildman–Crippen MR) is 95.0 cm³/mol. The van der Waals surface area contributed by atoms with Crippen LogP contribution in [0.4, 0.5) is 11.4 Å². The zero-order valence-electron chi connectivity index (χ0n) is 14.6. The first-order chi connectivity index (χ1) is 11.9. The number of hydrogen-bond donors (Lipinski definition) is 2. The molecule has 2 unspecified atom stereocenters. The smallest absolute Gasteiger partial charge is 0.228 e. The fraction of sp³-hybridized carbons (Fsp3) is 0.500. The molecule has 2 atom stereocenters. The molecule has 134 valence electrons. The number of hydrogen-bond acceptors (Lipinski definition) is 4. The molecule has 0 bridgehead atoms. The van der Waals surface area contributed by atoms with Crippen molar-refractivity contribution in [1.82, 2.24) is 9.80 Å². The average Bonchev–Trinajstić information content (AvgIpc) is 3.35. The highest BCUT2D eigenvalue weighted by Gasteiger charge is 2.49. The van der Waals surface area contributed by atoms with Crippen LogP contribution < -0.4 is 10.6 Å². The van der Waals surface area contributed by atoms with Crippen LogP contribution in [-0.2, 0) is 14.4 Å². The summed E-state index contributed by atoms with van der Waals surface area (Å²) in [6.07, 6.45) is 0.613. The van der Waals surface area contributed by atoms with Gasteiger partial charge in [0.25, 0.3) is 0 Å². The van der Waals surface area contributed by atoms with Gasteiger partial charge in [-0.15, -0.1) is 0 Å². The van der Waals surface area contributed by atoms with Gasteiger partial charge in [-0.25, -0.2) is 0 Å². The molecule has 1 aromatic rings. The third-order valence-electron chi connectivity index (χ3n) is 4.71. The van der Waals surface area contributed by atoms with E-state index >= 15 is 0 Å². The molecule has 1 aromatic carbocycles. The van der Waals surface area contributed by atoms with E-state index in [0.29, 0.717) is 17.8 Å². The number of nitrogens with one attached hydrogen (secondary N) is 2. The van der Waals surface area contributed by atoms with Crippen molar-refractivity contribution in [2.24, 2.45) is 11.8 Å². The molecule has 1 aliphatic carbocycles. The second-order valence-corrected chi connectivity index (χ2v) is 6.83. The lowest BCUT2D eigenvalue weighted by molar-refractivity contribution is -0.135. The van der Waals surface area contributed by atoms with Crippen molar-refractivity contribution in [3.63, 3.8) is 0 Å². The lowest BCUT2D eigenvalue weighted by Gasteiger charge is -2.32. The Balaban J connectivity index is 1.53. The molecule has 2 aliphatic rings. The summed E-state index contributed by atoms with van der Waals surface area (Å²) in [4.78, 5) is 40.0. The summed E-state index contributed by atoms with van der Waals surface area (Å²) in [5, 5.41) is 5.52. The minimum absolute atomic E-state index is 0.0975. The molecule has 1 heterocycles. The molecule has 7 nitrogen and oxygen atoms in total. The van der Waals surface area contributed by atoms with Gasteiger partial charge in [-0.3, -0.25) is 14.4 Å². The molecule has 0 aromatic heterocycles. The van der Waals surface area contributed by atoms with Crippen LogP contribution in [0.1, 0.15) is 13.3 Å². The summed E-state index contributed by atoms with van der Waals surface area (Å²) in [6.45, 7) is 4.67. The maximum Gasteiger partial charge on any atom is 0.228 e. The van der Waals surface area contributed by atoms with Crippen LogP contribution in [0.25, 0.3) is 0 Å². The normalized spacial score (nSPS) is 23.0. The minimum Gasteiger partial charge on any atom is -0.340 e. The number of benzene rings is 1. The zero-order chi connectivity index (χ0) is 18.0. The Kier molecular flexibility index (Phi) is 5.03. The van der Waals surface area contributed by atoms with E-state index in [4.69, 9.17) is 0 Å². The van der Waals surface area contributed by atoms with Crippen molar-refractivity contribution in [3.8, 4) is 0 Å². The monoisotopic (exact) mass is 344 g/mol. The SMILES string of the molecule is CC(=O)Nc1cccc(NC(=O)C2CC2C(=O)N2CCN(C)CC2)c1. The number of likely N-dealkylation sites (N-methyl/N-ethyl adjacent to an activating group) is 1. The summed E-state index contributed by atoms with van der Waals surface area (Å²) >= 11 is 0. The quantitative estimate of drug-likeness (QED) is 0.854. The largest absolute Gasteiger partial charge is 0.340 e. The number of rotatable bonds is 4. The maximum absolute atomic E-state index is 12.5. The lowest BCUT2D eigenvalue weighted by atomic mass is 10.2. The van der Waals surface area contributed by atoms with Gasteiger partial charge in [0.2, 0.25) is 17.7 Å². The number of anilines is 2. The highest BCUT2D eigenvalue weighted by atomic mass is 16.2. The molecule has 3 amide bonds. The Bertz CT molecular complexity index is 683. The summed E-state index contributed by atoms with van der Waals surface area (Å²) in [6, 6.07) is 7.00. The van der Waals surface area contributed by atoms with Gasteiger partial charge in [0.15, 0.2) is 0 Å². The van der Waals surface area contributed by atoms with Gasteiger partial charge in [-0.05, 0) is 31.7 Å². The summed E-state index contributed by atoms with van der Waals surface area (Å²) < 4.78 is 0. The fourth-order valence-corrected chi connectivity index (χ4v) is 3.13.